The first-order valence-electron chi connectivity index (χ1n) is 4.07. The normalized spacial score (nSPS) is 15.0. The van der Waals surface area contributed by atoms with Crippen molar-refractivity contribution >= 4 is 5.69 Å². The highest BCUT2D eigenvalue weighted by Gasteiger charge is 2.14. The fourth-order valence-corrected chi connectivity index (χ4v) is 1.53. The smallest absolute Gasteiger partial charge is 0.162 e. The minimum Gasteiger partial charge on any atom is -0.504 e. The standard InChI is InChI=1S/C9H11NO2/c11-8-4-3-7-6(9(8)12)2-1-5-10-7/h3-4,10-12H,1-2,5H2. The lowest BCUT2D eigenvalue weighted by Crippen LogP contribution is -2.11. The van der Waals surface area contributed by atoms with Crippen molar-refractivity contribution in [2.75, 3.05) is 11.9 Å². The van der Waals surface area contributed by atoms with Crippen molar-refractivity contribution in [1.29, 1.82) is 0 Å². The topological polar surface area (TPSA) is 52.5 Å². The molecule has 3 heteroatoms. The zero-order valence-corrected chi connectivity index (χ0v) is 6.67. The predicted octanol–water partition coefficient (Wildman–Crippen LogP) is 1.46. The van der Waals surface area contributed by atoms with Gasteiger partial charge in [0, 0.05) is 17.8 Å². The highest BCUT2D eigenvalue weighted by atomic mass is 16.3. The van der Waals surface area contributed by atoms with E-state index in [0.29, 0.717) is 0 Å². The number of benzene rings is 1. The average molecular weight is 165 g/mol. The van der Waals surface area contributed by atoms with E-state index in [1.165, 1.54) is 6.07 Å². The summed E-state index contributed by atoms with van der Waals surface area (Å²) in [6, 6.07) is 3.30. The molecule has 2 rings (SSSR count). The predicted molar refractivity (Wildman–Crippen MR) is 46.6 cm³/mol. The van der Waals surface area contributed by atoms with Crippen molar-refractivity contribution in [3.8, 4) is 11.5 Å². The van der Waals surface area contributed by atoms with Gasteiger partial charge in [0.2, 0.25) is 0 Å². The Labute approximate surface area is 70.7 Å². The van der Waals surface area contributed by atoms with Gasteiger partial charge in [-0.1, -0.05) is 0 Å². The highest BCUT2D eigenvalue weighted by Crippen LogP contribution is 2.36. The van der Waals surface area contributed by atoms with Gasteiger partial charge in [-0.15, -0.1) is 0 Å². The molecule has 1 aromatic carbocycles. The average Bonchev–Trinajstić information content (AvgIpc) is 2.12. The molecule has 0 radical (unpaired) electrons. The quantitative estimate of drug-likeness (QED) is 0.403. The zero-order valence-electron chi connectivity index (χ0n) is 6.67. The zero-order chi connectivity index (χ0) is 8.55. The van der Waals surface area contributed by atoms with Gasteiger partial charge in [-0.3, -0.25) is 0 Å². The van der Waals surface area contributed by atoms with Gasteiger partial charge in [0.25, 0.3) is 0 Å². The number of anilines is 1. The van der Waals surface area contributed by atoms with Crippen molar-refractivity contribution in [3.05, 3.63) is 17.7 Å². The molecule has 0 fully saturated rings. The number of hydrogen-bond acceptors (Lipinski definition) is 3. The van der Waals surface area contributed by atoms with Crippen LogP contribution in [-0.4, -0.2) is 16.8 Å². The van der Waals surface area contributed by atoms with Crippen LogP contribution in [0.2, 0.25) is 0 Å². The fourth-order valence-electron chi connectivity index (χ4n) is 1.53. The van der Waals surface area contributed by atoms with Crippen molar-refractivity contribution in [3.63, 3.8) is 0 Å². The van der Waals surface area contributed by atoms with E-state index < -0.39 is 0 Å². The number of nitrogens with one attached hydrogen (secondary N) is 1. The molecule has 1 aliphatic rings. The largest absolute Gasteiger partial charge is 0.504 e. The first kappa shape index (κ1) is 7.28. The maximum Gasteiger partial charge on any atom is 0.162 e. The van der Waals surface area contributed by atoms with Gasteiger partial charge in [0.05, 0.1) is 0 Å². The van der Waals surface area contributed by atoms with Crippen molar-refractivity contribution in [2.24, 2.45) is 0 Å². The van der Waals surface area contributed by atoms with Gasteiger partial charge in [-0.25, -0.2) is 0 Å². The SMILES string of the molecule is Oc1ccc2c(c1O)CCCN2. The Morgan fingerprint density at radius 1 is 1.25 bits per heavy atom. The molecule has 3 N–H and O–H groups in total. The van der Waals surface area contributed by atoms with Gasteiger partial charge in [-0.05, 0) is 25.0 Å². The molecule has 3 nitrogen and oxygen atoms in total. The lowest BCUT2D eigenvalue weighted by molar-refractivity contribution is 0.399. The second-order valence-corrected chi connectivity index (χ2v) is 2.99. The molecule has 0 aromatic heterocycles. The van der Waals surface area contributed by atoms with E-state index in [1.54, 1.807) is 6.07 Å². The Bertz CT molecular complexity index is 310. The summed E-state index contributed by atoms with van der Waals surface area (Å²) in [6.07, 6.45) is 1.84. The van der Waals surface area contributed by atoms with Crippen LogP contribution in [0.25, 0.3) is 0 Å². The first-order valence-corrected chi connectivity index (χ1v) is 4.07. The number of phenolic OH excluding ortho intramolecular Hbond substituents is 2. The molecule has 0 atom stereocenters. The van der Waals surface area contributed by atoms with Gasteiger partial charge < -0.3 is 15.5 Å². The minimum atomic E-state index is -0.0301. The van der Waals surface area contributed by atoms with Crippen LogP contribution in [0, 0.1) is 0 Å². The van der Waals surface area contributed by atoms with Gasteiger partial charge >= 0.3 is 0 Å². The lowest BCUT2D eigenvalue weighted by Gasteiger charge is -2.18. The Morgan fingerprint density at radius 2 is 2.08 bits per heavy atom. The maximum atomic E-state index is 9.45. The summed E-state index contributed by atoms with van der Waals surface area (Å²) in [5.41, 5.74) is 1.78. The molecule has 1 aromatic rings. The number of hydrogen-bond donors (Lipinski definition) is 3. The monoisotopic (exact) mass is 165 g/mol. The molecule has 12 heavy (non-hydrogen) atoms. The van der Waals surface area contributed by atoms with Crippen LogP contribution in [0.5, 0.6) is 11.5 Å². The molecule has 0 saturated carbocycles. The molecule has 0 amide bonds. The molecule has 1 heterocycles. The Hall–Kier alpha value is -1.38. The summed E-state index contributed by atoms with van der Waals surface area (Å²) in [5.74, 6) is -0.00264. The van der Waals surface area contributed by atoms with Gasteiger partial charge in [-0.2, -0.15) is 0 Å². The van der Waals surface area contributed by atoms with E-state index in [-0.39, 0.29) is 11.5 Å². The number of rotatable bonds is 0. The Morgan fingerprint density at radius 3 is 2.92 bits per heavy atom. The van der Waals surface area contributed by atoms with Crippen molar-refractivity contribution < 1.29 is 10.2 Å². The minimum absolute atomic E-state index is 0.0275. The highest BCUT2D eigenvalue weighted by molar-refractivity contribution is 5.63. The van der Waals surface area contributed by atoms with Crippen LogP contribution in [0.3, 0.4) is 0 Å². The van der Waals surface area contributed by atoms with E-state index in [1.807, 2.05) is 0 Å². The molecule has 0 spiro atoms. The van der Waals surface area contributed by atoms with E-state index in [4.69, 9.17) is 0 Å². The summed E-state index contributed by atoms with van der Waals surface area (Å²) < 4.78 is 0. The van der Waals surface area contributed by atoms with Crippen LogP contribution in [0.1, 0.15) is 12.0 Å². The van der Waals surface area contributed by atoms with Gasteiger partial charge in [0.1, 0.15) is 0 Å². The lowest BCUT2D eigenvalue weighted by atomic mass is 10.0. The van der Waals surface area contributed by atoms with Crippen molar-refractivity contribution in [2.45, 2.75) is 12.8 Å². The van der Waals surface area contributed by atoms with E-state index in [9.17, 15) is 10.2 Å². The molecule has 64 valence electrons. The third kappa shape index (κ3) is 0.978. The maximum absolute atomic E-state index is 9.45. The van der Waals surface area contributed by atoms with Crippen LogP contribution in [-0.2, 0) is 6.42 Å². The first-order chi connectivity index (χ1) is 5.79. The molecular weight excluding hydrogens is 154 g/mol. The fraction of sp³-hybridized carbons (Fsp3) is 0.333. The summed E-state index contributed by atoms with van der Waals surface area (Å²) >= 11 is 0. The van der Waals surface area contributed by atoms with Gasteiger partial charge in [0.15, 0.2) is 11.5 Å². The van der Waals surface area contributed by atoms with Crippen LogP contribution >= 0.6 is 0 Å². The number of phenols is 2. The molecule has 1 aliphatic heterocycles. The molecular formula is C9H11NO2. The van der Waals surface area contributed by atoms with Crippen LogP contribution in [0.4, 0.5) is 5.69 Å². The van der Waals surface area contributed by atoms with E-state index >= 15 is 0 Å². The summed E-state index contributed by atoms with van der Waals surface area (Å²) in [6.45, 7) is 0.942. The summed E-state index contributed by atoms with van der Waals surface area (Å²) in [4.78, 5) is 0. The second-order valence-electron chi connectivity index (χ2n) is 2.99. The van der Waals surface area contributed by atoms with Crippen LogP contribution < -0.4 is 5.32 Å². The van der Waals surface area contributed by atoms with E-state index in [2.05, 4.69) is 5.32 Å². The molecule has 0 saturated heterocycles. The number of aromatic hydroxyl groups is 2. The second kappa shape index (κ2) is 2.59. The third-order valence-corrected chi connectivity index (χ3v) is 2.18. The van der Waals surface area contributed by atoms with Crippen LogP contribution in [0.15, 0.2) is 12.1 Å². The summed E-state index contributed by atoms with van der Waals surface area (Å²) in [7, 11) is 0. The molecule has 0 unspecified atom stereocenters. The molecule has 0 bridgehead atoms. The van der Waals surface area contributed by atoms with Crippen molar-refractivity contribution in [1.82, 2.24) is 0 Å². The third-order valence-electron chi connectivity index (χ3n) is 2.18. The molecule has 0 aliphatic carbocycles. The summed E-state index contributed by atoms with van der Waals surface area (Å²) in [5, 5.41) is 21.8. The van der Waals surface area contributed by atoms with E-state index in [0.717, 1.165) is 30.6 Å². The Kier molecular flexibility index (Phi) is 1.57. The number of fused-ring (bicyclic) bond motifs is 1. The Balaban J connectivity index is 2.54.